The highest BCUT2D eigenvalue weighted by atomic mass is 19.1. The maximum absolute atomic E-state index is 12.9. The molecule has 0 heterocycles. The second-order valence-electron chi connectivity index (χ2n) is 4.70. The highest BCUT2D eigenvalue weighted by Gasteiger charge is 2.33. The fourth-order valence-corrected chi connectivity index (χ4v) is 2.74. The zero-order valence-corrected chi connectivity index (χ0v) is 9.55. The molecule has 0 aliphatic heterocycles. The minimum Gasteiger partial charge on any atom is -0.378 e. The van der Waals surface area contributed by atoms with E-state index >= 15 is 0 Å². The Morgan fingerprint density at radius 3 is 2.31 bits per heavy atom. The summed E-state index contributed by atoms with van der Waals surface area (Å²) in [6.45, 7) is 0.638. The largest absolute Gasteiger partial charge is 0.378 e. The lowest BCUT2D eigenvalue weighted by molar-refractivity contribution is 0.128. The molecule has 2 rings (SSSR count). The van der Waals surface area contributed by atoms with Gasteiger partial charge in [0.05, 0.1) is 13.7 Å². The van der Waals surface area contributed by atoms with Crippen LogP contribution in [0.4, 0.5) is 4.39 Å². The van der Waals surface area contributed by atoms with Crippen molar-refractivity contribution in [1.29, 1.82) is 0 Å². The van der Waals surface area contributed by atoms with Crippen LogP contribution in [0.2, 0.25) is 0 Å². The normalized spacial score (nSPS) is 19.6. The fourth-order valence-electron chi connectivity index (χ4n) is 2.74. The van der Waals surface area contributed by atoms with Crippen molar-refractivity contribution >= 4 is 0 Å². The van der Waals surface area contributed by atoms with E-state index in [-0.39, 0.29) is 11.2 Å². The molecule has 0 atom stereocenters. The Balaban J connectivity index is 2.26. The van der Waals surface area contributed by atoms with E-state index in [0.29, 0.717) is 6.61 Å². The Morgan fingerprint density at radius 2 is 1.75 bits per heavy atom. The Labute approximate surface area is 96.6 Å². The molecule has 1 aromatic rings. The molecule has 1 radical (unpaired) electrons. The quantitative estimate of drug-likeness (QED) is 0.753. The third kappa shape index (κ3) is 2.27. The molecule has 1 aliphatic rings. The first kappa shape index (κ1) is 11.6. The van der Waals surface area contributed by atoms with Gasteiger partial charge in [0.15, 0.2) is 0 Å². The molecule has 1 fully saturated rings. The van der Waals surface area contributed by atoms with Crippen molar-refractivity contribution in [3.63, 3.8) is 0 Å². The Kier molecular flexibility index (Phi) is 3.59. The van der Waals surface area contributed by atoms with E-state index in [1.165, 1.54) is 37.0 Å². The lowest BCUT2D eigenvalue weighted by Gasteiger charge is -2.37. The van der Waals surface area contributed by atoms with Crippen LogP contribution in [0.25, 0.3) is 0 Å². The molecule has 0 N–H and O–H groups in total. The Morgan fingerprint density at radius 1 is 1.12 bits per heavy atom. The second-order valence-corrected chi connectivity index (χ2v) is 4.70. The maximum atomic E-state index is 12.9. The molecule has 1 aliphatic carbocycles. The van der Waals surface area contributed by atoms with Gasteiger partial charge in [-0.3, -0.25) is 0 Å². The molecule has 87 valence electrons. The van der Waals surface area contributed by atoms with Gasteiger partial charge in [0.1, 0.15) is 5.82 Å². The summed E-state index contributed by atoms with van der Waals surface area (Å²) >= 11 is 0. The van der Waals surface area contributed by atoms with Gasteiger partial charge in [0.2, 0.25) is 0 Å². The van der Waals surface area contributed by atoms with Gasteiger partial charge in [-0.15, -0.1) is 0 Å². The zero-order chi connectivity index (χ0) is 11.4. The smallest absolute Gasteiger partial charge is 0.123 e. The zero-order valence-electron chi connectivity index (χ0n) is 9.55. The molecule has 0 spiro atoms. The molecule has 1 nitrogen and oxygen atoms in total. The van der Waals surface area contributed by atoms with Crippen molar-refractivity contribution in [2.75, 3.05) is 6.61 Å². The Bertz CT molecular complexity index is 320. The first-order chi connectivity index (χ1) is 7.77. The van der Waals surface area contributed by atoms with Crippen LogP contribution in [-0.2, 0) is 10.2 Å². The van der Waals surface area contributed by atoms with Crippen LogP contribution >= 0.6 is 0 Å². The molecule has 16 heavy (non-hydrogen) atoms. The van der Waals surface area contributed by atoms with E-state index < -0.39 is 0 Å². The van der Waals surface area contributed by atoms with E-state index in [9.17, 15) is 4.39 Å². The lowest BCUT2D eigenvalue weighted by Crippen LogP contribution is -2.33. The highest BCUT2D eigenvalue weighted by Crippen LogP contribution is 2.39. The average molecular weight is 221 g/mol. The Hall–Kier alpha value is -0.890. The first-order valence-electron chi connectivity index (χ1n) is 5.90. The summed E-state index contributed by atoms with van der Waals surface area (Å²) in [5, 5.41) is 0. The van der Waals surface area contributed by atoms with E-state index in [4.69, 9.17) is 4.74 Å². The van der Waals surface area contributed by atoms with E-state index in [1.807, 2.05) is 12.1 Å². The van der Waals surface area contributed by atoms with Gasteiger partial charge in [-0.1, -0.05) is 31.4 Å². The van der Waals surface area contributed by atoms with Crippen molar-refractivity contribution < 1.29 is 9.13 Å². The van der Waals surface area contributed by atoms with Crippen LogP contribution in [0.15, 0.2) is 24.3 Å². The molecule has 0 saturated heterocycles. The maximum Gasteiger partial charge on any atom is 0.123 e. The molecule has 0 amide bonds. The summed E-state index contributed by atoms with van der Waals surface area (Å²) < 4.78 is 18.0. The van der Waals surface area contributed by atoms with Gasteiger partial charge in [0, 0.05) is 5.41 Å². The number of benzene rings is 1. The summed E-state index contributed by atoms with van der Waals surface area (Å²) in [4.78, 5) is 0. The van der Waals surface area contributed by atoms with Crippen molar-refractivity contribution in [2.45, 2.75) is 37.5 Å². The van der Waals surface area contributed by atoms with Gasteiger partial charge in [-0.2, -0.15) is 0 Å². The molecule has 0 unspecified atom stereocenters. The van der Waals surface area contributed by atoms with Crippen LogP contribution in [0.1, 0.15) is 37.7 Å². The van der Waals surface area contributed by atoms with Crippen LogP contribution in [0.5, 0.6) is 0 Å². The number of hydrogen-bond acceptors (Lipinski definition) is 1. The third-order valence-corrected chi connectivity index (χ3v) is 3.65. The van der Waals surface area contributed by atoms with Gasteiger partial charge in [0.25, 0.3) is 0 Å². The van der Waals surface area contributed by atoms with E-state index in [1.54, 1.807) is 0 Å². The van der Waals surface area contributed by atoms with Crippen LogP contribution < -0.4 is 0 Å². The topological polar surface area (TPSA) is 9.23 Å². The monoisotopic (exact) mass is 221 g/mol. The van der Waals surface area contributed by atoms with Gasteiger partial charge >= 0.3 is 0 Å². The minimum absolute atomic E-state index is 0.0632. The van der Waals surface area contributed by atoms with Crippen molar-refractivity contribution in [1.82, 2.24) is 0 Å². The van der Waals surface area contributed by atoms with Crippen molar-refractivity contribution in [3.8, 4) is 0 Å². The molecule has 1 aromatic carbocycles. The molecular formula is C14H18FO. The minimum atomic E-state index is -0.176. The van der Waals surface area contributed by atoms with Gasteiger partial charge in [-0.05, 0) is 30.5 Å². The molecule has 0 aromatic heterocycles. The second kappa shape index (κ2) is 4.96. The predicted octanol–water partition coefficient (Wildman–Crippen LogP) is 3.84. The fraction of sp³-hybridized carbons (Fsp3) is 0.500. The van der Waals surface area contributed by atoms with Crippen LogP contribution in [-0.4, -0.2) is 6.61 Å². The average Bonchev–Trinajstić information content (AvgIpc) is 2.31. The SMILES string of the molecule is [CH2]OCC1(c2ccc(F)cc2)CCCCC1. The number of ether oxygens (including phenoxy) is 1. The molecule has 2 heteroatoms. The van der Waals surface area contributed by atoms with Gasteiger partial charge in [-0.25, -0.2) is 4.39 Å². The standard InChI is InChI=1S/C14H18FO/c1-16-11-14(9-3-2-4-10-14)12-5-7-13(15)8-6-12/h5-8H,1-4,9-11H2. The highest BCUT2D eigenvalue weighted by molar-refractivity contribution is 5.26. The third-order valence-electron chi connectivity index (χ3n) is 3.65. The molecular weight excluding hydrogens is 203 g/mol. The summed E-state index contributed by atoms with van der Waals surface area (Å²) in [6.07, 6.45) is 5.98. The summed E-state index contributed by atoms with van der Waals surface area (Å²) in [5.74, 6) is -0.176. The summed E-state index contributed by atoms with van der Waals surface area (Å²) in [7, 11) is 3.49. The summed E-state index contributed by atoms with van der Waals surface area (Å²) in [5.41, 5.74) is 1.26. The molecule has 1 saturated carbocycles. The van der Waals surface area contributed by atoms with Crippen molar-refractivity contribution in [2.24, 2.45) is 0 Å². The number of halogens is 1. The van der Waals surface area contributed by atoms with Crippen molar-refractivity contribution in [3.05, 3.63) is 42.8 Å². The lowest BCUT2D eigenvalue weighted by atomic mass is 9.70. The van der Waals surface area contributed by atoms with Crippen LogP contribution in [0.3, 0.4) is 0 Å². The molecule has 0 bridgehead atoms. The van der Waals surface area contributed by atoms with Crippen LogP contribution in [0, 0.1) is 12.9 Å². The number of hydrogen-bond donors (Lipinski definition) is 0. The number of rotatable bonds is 3. The summed E-state index contributed by atoms with van der Waals surface area (Å²) in [6, 6.07) is 6.85. The van der Waals surface area contributed by atoms with Gasteiger partial charge < -0.3 is 4.74 Å². The van der Waals surface area contributed by atoms with E-state index in [2.05, 4.69) is 7.11 Å². The predicted molar refractivity (Wildman–Crippen MR) is 62.5 cm³/mol. The van der Waals surface area contributed by atoms with E-state index in [0.717, 1.165) is 12.8 Å². The first-order valence-corrected chi connectivity index (χ1v) is 5.90.